The first kappa shape index (κ1) is 15.0. The minimum Gasteiger partial charge on any atom is -0.339 e. The first-order valence-corrected chi connectivity index (χ1v) is 7.62. The third kappa shape index (κ3) is 3.64. The summed E-state index contributed by atoms with van der Waals surface area (Å²) in [6, 6.07) is 11.6. The molecule has 0 unspecified atom stereocenters. The smallest absolute Gasteiger partial charge is 0.229 e. The molecular formula is C19H17N3O. The number of pyridine rings is 1. The van der Waals surface area contributed by atoms with Crippen molar-refractivity contribution in [3.63, 3.8) is 0 Å². The Morgan fingerprint density at radius 1 is 1.00 bits per heavy atom. The highest BCUT2D eigenvalue weighted by Crippen LogP contribution is 2.21. The van der Waals surface area contributed by atoms with Crippen molar-refractivity contribution in [3.05, 3.63) is 65.8 Å². The summed E-state index contributed by atoms with van der Waals surface area (Å²) in [5.41, 5.74) is 2.81. The SMILES string of the molecule is CC[C@H](C)c1nc(-c2ccc(C#Cc3ccncc3)cc2)no1. The Kier molecular flexibility index (Phi) is 4.49. The van der Waals surface area contributed by atoms with E-state index in [-0.39, 0.29) is 5.92 Å². The van der Waals surface area contributed by atoms with Crippen LogP contribution in [0, 0.1) is 11.8 Å². The standard InChI is InChI=1S/C19H17N3O/c1-3-14(2)19-21-18(22-23-19)17-8-6-15(7-9-17)4-5-16-10-12-20-13-11-16/h6-14H,3H2,1-2H3/t14-/m0/s1. The lowest BCUT2D eigenvalue weighted by atomic mass is 10.1. The van der Waals surface area contributed by atoms with Gasteiger partial charge in [0.15, 0.2) is 0 Å². The number of aromatic nitrogens is 3. The van der Waals surface area contributed by atoms with E-state index in [0.29, 0.717) is 11.7 Å². The molecule has 2 aromatic heterocycles. The average Bonchev–Trinajstić information content (AvgIpc) is 3.11. The summed E-state index contributed by atoms with van der Waals surface area (Å²) in [5.74, 6) is 7.82. The van der Waals surface area contributed by atoms with Crippen LogP contribution in [-0.2, 0) is 0 Å². The Morgan fingerprint density at radius 2 is 1.65 bits per heavy atom. The van der Waals surface area contributed by atoms with Crippen LogP contribution in [0.5, 0.6) is 0 Å². The molecule has 114 valence electrons. The van der Waals surface area contributed by atoms with Crippen molar-refractivity contribution in [2.75, 3.05) is 0 Å². The van der Waals surface area contributed by atoms with E-state index >= 15 is 0 Å². The summed E-state index contributed by atoms with van der Waals surface area (Å²) in [7, 11) is 0. The Balaban J connectivity index is 1.77. The van der Waals surface area contributed by atoms with Gasteiger partial charge in [-0.05, 0) is 42.8 Å². The van der Waals surface area contributed by atoms with Crippen molar-refractivity contribution in [2.45, 2.75) is 26.2 Å². The fourth-order valence-corrected chi connectivity index (χ4v) is 2.01. The molecule has 0 aliphatic rings. The Morgan fingerprint density at radius 3 is 2.30 bits per heavy atom. The zero-order chi connectivity index (χ0) is 16.1. The largest absolute Gasteiger partial charge is 0.339 e. The second-order valence-electron chi connectivity index (χ2n) is 5.33. The van der Waals surface area contributed by atoms with E-state index < -0.39 is 0 Å². The maximum atomic E-state index is 5.31. The monoisotopic (exact) mass is 303 g/mol. The van der Waals surface area contributed by atoms with Gasteiger partial charge in [0, 0.05) is 35.0 Å². The molecule has 2 heterocycles. The second kappa shape index (κ2) is 6.89. The molecule has 3 rings (SSSR count). The van der Waals surface area contributed by atoms with Crippen LogP contribution in [-0.4, -0.2) is 15.1 Å². The quantitative estimate of drug-likeness (QED) is 0.685. The molecular weight excluding hydrogens is 286 g/mol. The van der Waals surface area contributed by atoms with Gasteiger partial charge >= 0.3 is 0 Å². The van der Waals surface area contributed by atoms with Crippen molar-refractivity contribution in [3.8, 4) is 23.2 Å². The molecule has 0 spiro atoms. The Hall–Kier alpha value is -2.93. The van der Waals surface area contributed by atoms with Gasteiger partial charge in [-0.25, -0.2) is 0 Å². The summed E-state index contributed by atoms with van der Waals surface area (Å²) in [4.78, 5) is 8.43. The first-order valence-electron chi connectivity index (χ1n) is 7.62. The molecule has 0 radical (unpaired) electrons. The van der Waals surface area contributed by atoms with Gasteiger partial charge < -0.3 is 4.52 Å². The van der Waals surface area contributed by atoms with Crippen LogP contribution in [0.25, 0.3) is 11.4 Å². The molecule has 4 heteroatoms. The number of hydrogen-bond donors (Lipinski definition) is 0. The van der Waals surface area contributed by atoms with Crippen molar-refractivity contribution < 1.29 is 4.52 Å². The minimum atomic E-state index is 0.279. The molecule has 4 nitrogen and oxygen atoms in total. The number of nitrogens with zero attached hydrogens (tertiary/aromatic N) is 3. The topological polar surface area (TPSA) is 51.8 Å². The molecule has 1 atom stereocenters. The molecule has 0 N–H and O–H groups in total. The Labute approximate surface area is 135 Å². The van der Waals surface area contributed by atoms with Gasteiger partial charge in [-0.1, -0.05) is 30.8 Å². The summed E-state index contributed by atoms with van der Waals surface area (Å²) >= 11 is 0. The third-order valence-electron chi connectivity index (χ3n) is 3.65. The molecule has 0 bridgehead atoms. The third-order valence-corrected chi connectivity index (χ3v) is 3.65. The van der Waals surface area contributed by atoms with E-state index in [1.165, 1.54) is 0 Å². The number of benzene rings is 1. The van der Waals surface area contributed by atoms with Crippen molar-refractivity contribution in [1.82, 2.24) is 15.1 Å². The highest BCUT2D eigenvalue weighted by molar-refractivity contribution is 5.56. The minimum absolute atomic E-state index is 0.279. The van der Waals surface area contributed by atoms with E-state index in [0.717, 1.165) is 23.1 Å². The van der Waals surface area contributed by atoms with Gasteiger partial charge in [0.2, 0.25) is 11.7 Å². The zero-order valence-electron chi connectivity index (χ0n) is 13.2. The molecule has 1 aromatic carbocycles. The molecule has 23 heavy (non-hydrogen) atoms. The summed E-state index contributed by atoms with van der Waals surface area (Å²) in [6.07, 6.45) is 4.45. The normalized spacial score (nSPS) is 11.6. The van der Waals surface area contributed by atoms with Gasteiger partial charge in [-0.3, -0.25) is 4.98 Å². The van der Waals surface area contributed by atoms with E-state index in [4.69, 9.17) is 4.52 Å². The summed E-state index contributed by atoms with van der Waals surface area (Å²) in [5, 5.41) is 4.05. The van der Waals surface area contributed by atoms with Crippen molar-refractivity contribution >= 4 is 0 Å². The van der Waals surface area contributed by atoms with E-state index in [1.54, 1.807) is 12.4 Å². The predicted octanol–water partition coefficient (Wildman–Crippen LogP) is 4.04. The molecule has 0 aliphatic heterocycles. The van der Waals surface area contributed by atoms with Crippen molar-refractivity contribution in [2.24, 2.45) is 0 Å². The lowest BCUT2D eigenvalue weighted by Gasteiger charge is -1.98. The van der Waals surface area contributed by atoms with Gasteiger partial charge in [0.25, 0.3) is 0 Å². The molecule has 0 fully saturated rings. The van der Waals surface area contributed by atoms with Gasteiger partial charge in [0.05, 0.1) is 0 Å². The molecule has 0 amide bonds. The lowest BCUT2D eigenvalue weighted by Crippen LogP contribution is -1.91. The van der Waals surface area contributed by atoms with E-state index in [9.17, 15) is 0 Å². The molecule has 0 saturated carbocycles. The van der Waals surface area contributed by atoms with Crippen LogP contribution in [0.1, 0.15) is 43.2 Å². The molecule has 0 aliphatic carbocycles. The first-order chi connectivity index (χ1) is 11.3. The van der Waals surface area contributed by atoms with Crippen LogP contribution in [0.2, 0.25) is 0 Å². The van der Waals surface area contributed by atoms with Crippen LogP contribution in [0.3, 0.4) is 0 Å². The van der Waals surface area contributed by atoms with Crippen LogP contribution in [0.4, 0.5) is 0 Å². The zero-order valence-corrected chi connectivity index (χ0v) is 13.2. The van der Waals surface area contributed by atoms with Crippen LogP contribution >= 0.6 is 0 Å². The summed E-state index contributed by atoms with van der Waals surface area (Å²) < 4.78 is 5.31. The summed E-state index contributed by atoms with van der Waals surface area (Å²) in [6.45, 7) is 4.18. The Bertz CT molecular complexity index is 826. The molecule has 0 saturated heterocycles. The maximum absolute atomic E-state index is 5.31. The predicted molar refractivity (Wildman–Crippen MR) is 88.7 cm³/mol. The highest BCUT2D eigenvalue weighted by atomic mass is 16.5. The average molecular weight is 303 g/mol. The van der Waals surface area contributed by atoms with Gasteiger partial charge in [-0.15, -0.1) is 0 Å². The number of rotatable bonds is 3. The van der Waals surface area contributed by atoms with Crippen LogP contribution in [0.15, 0.2) is 53.3 Å². The van der Waals surface area contributed by atoms with E-state index in [2.05, 4.69) is 40.8 Å². The highest BCUT2D eigenvalue weighted by Gasteiger charge is 2.13. The maximum Gasteiger partial charge on any atom is 0.229 e. The van der Waals surface area contributed by atoms with Crippen LogP contribution < -0.4 is 0 Å². The molecule has 3 aromatic rings. The van der Waals surface area contributed by atoms with Gasteiger partial charge in [-0.2, -0.15) is 4.98 Å². The number of hydrogen-bond acceptors (Lipinski definition) is 4. The second-order valence-corrected chi connectivity index (χ2v) is 5.33. The fraction of sp³-hybridized carbons (Fsp3) is 0.211. The lowest BCUT2D eigenvalue weighted by molar-refractivity contribution is 0.357. The van der Waals surface area contributed by atoms with Gasteiger partial charge in [0.1, 0.15) is 0 Å². The van der Waals surface area contributed by atoms with Crippen molar-refractivity contribution in [1.29, 1.82) is 0 Å². The van der Waals surface area contributed by atoms with E-state index in [1.807, 2.05) is 36.4 Å². The fourth-order valence-electron chi connectivity index (χ4n) is 2.01.